The van der Waals surface area contributed by atoms with Crippen molar-refractivity contribution in [3.63, 3.8) is 0 Å². The summed E-state index contributed by atoms with van der Waals surface area (Å²) in [5.41, 5.74) is 2.82. The van der Waals surface area contributed by atoms with E-state index < -0.39 is 6.04 Å². The van der Waals surface area contributed by atoms with Crippen LogP contribution in [0, 0.1) is 6.92 Å². The Balaban J connectivity index is 1.80. The molecule has 1 amide bonds. The van der Waals surface area contributed by atoms with Crippen molar-refractivity contribution in [3.05, 3.63) is 71.2 Å². The summed E-state index contributed by atoms with van der Waals surface area (Å²) < 4.78 is 12.9. The van der Waals surface area contributed by atoms with E-state index in [9.17, 15) is 4.79 Å². The predicted octanol–water partition coefficient (Wildman–Crippen LogP) is 3.92. The van der Waals surface area contributed by atoms with Crippen molar-refractivity contribution in [2.24, 2.45) is 0 Å². The summed E-state index contributed by atoms with van der Waals surface area (Å²) in [5, 5.41) is 10.7. The zero-order valence-corrected chi connectivity index (χ0v) is 18.0. The van der Waals surface area contributed by atoms with Crippen molar-refractivity contribution in [1.82, 2.24) is 14.8 Å². The molecule has 8 nitrogen and oxygen atoms in total. The van der Waals surface area contributed by atoms with Gasteiger partial charge in [0.15, 0.2) is 11.5 Å². The van der Waals surface area contributed by atoms with Crippen LogP contribution in [0.3, 0.4) is 0 Å². The lowest BCUT2D eigenvalue weighted by Crippen LogP contribution is -2.31. The number of fused-ring (bicyclic) bond motifs is 1. The quantitative estimate of drug-likeness (QED) is 0.629. The van der Waals surface area contributed by atoms with Gasteiger partial charge in [0.2, 0.25) is 5.95 Å². The first kappa shape index (κ1) is 20.5. The Labute approximate surface area is 180 Å². The fraction of sp³-hybridized carbons (Fsp3) is 0.261. The molecule has 1 aliphatic rings. The van der Waals surface area contributed by atoms with E-state index in [0.717, 1.165) is 11.3 Å². The maximum Gasteiger partial charge on any atom is 0.255 e. The number of rotatable bonds is 6. The van der Waals surface area contributed by atoms with Gasteiger partial charge in [-0.2, -0.15) is 10.1 Å². The number of nitrogens with zero attached hydrogens (tertiary/aromatic N) is 3. The van der Waals surface area contributed by atoms with Crippen LogP contribution in [0.4, 0.5) is 11.6 Å². The van der Waals surface area contributed by atoms with Crippen molar-refractivity contribution in [3.8, 4) is 11.5 Å². The third kappa shape index (κ3) is 3.96. The summed E-state index contributed by atoms with van der Waals surface area (Å²) in [6.45, 7) is 6.13. The number of aryl methyl sites for hydroxylation is 1. The molecular formula is C23H25N5O3. The van der Waals surface area contributed by atoms with E-state index in [4.69, 9.17) is 9.47 Å². The van der Waals surface area contributed by atoms with Gasteiger partial charge in [-0.25, -0.2) is 4.68 Å². The minimum atomic E-state index is -0.481. The molecule has 1 aromatic heterocycles. The number of benzene rings is 2. The summed E-state index contributed by atoms with van der Waals surface area (Å²) >= 11 is 0. The second kappa shape index (κ2) is 8.51. The van der Waals surface area contributed by atoms with Crippen LogP contribution in [0.25, 0.3) is 0 Å². The minimum absolute atomic E-state index is 0.215. The third-order valence-electron chi connectivity index (χ3n) is 5.04. The van der Waals surface area contributed by atoms with Crippen molar-refractivity contribution in [2.75, 3.05) is 24.4 Å². The number of amides is 1. The normalized spacial score (nSPS) is 15.2. The van der Waals surface area contributed by atoms with Gasteiger partial charge in [-0.3, -0.25) is 4.79 Å². The van der Waals surface area contributed by atoms with Gasteiger partial charge in [-0.05, 0) is 50.6 Å². The summed E-state index contributed by atoms with van der Waals surface area (Å²) in [4.78, 5) is 17.8. The molecule has 31 heavy (non-hydrogen) atoms. The topological polar surface area (TPSA) is 90.3 Å². The number of ether oxygens (including phenoxy) is 2. The summed E-state index contributed by atoms with van der Waals surface area (Å²) in [6.07, 6.45) is 0. The van der Waals surface area contributed by atoms with Crippen molar-refractivity contribution in [1.29, 1.82) is 0 Å². The molecular weight excluding hydrogens is 394 g/mol. The molecule has 4 rings (SSSR count). The highest BCUT2D eigenvalue weighted by Gasteiger charge is 2.34. The maximum absolute atomic E-state index is 13.4. The second-order valence-electron chi connectivity index (χ2n) is 7.16. The maximum atomic E-state index is 13.4. The minimum Gasteiger partial charge on any atom is -0.493 e. The smallest absolute Gasteiger partial charge is 0.255 e. The highest BCUT2D eigenvalue weighted by Crippen LogP contribution is 2.39. The molecule has 2 aromatic carbocycles. The Bertz CT molecular complexity index is 1140. The first-order chi connectivity index (χ1) is 15.0. The molecule has 0 saturated heterocycles. The molecule has 160 valence electrons. The van der Waals surface area contributed by atoms with E-state index in [1.165, 1.54) is 0 Å². The lowest BCUT2D eigenvalue weighted by molar-refractivity contribution is -0.113. The molecule has 0 aliphatic carbocycles. The van der Waals surface area contributed by atoms with Crippen LogP contribution in [0.5, 0.6) is 11.5 Å². The molecule has 0 spiro atoms. The Morgan fingerprint density at radius 2 is 1.94 bits per heavy atom. The fourth-order valence-corrected chi connectivity index (χ4v) is 3.71. The van der Waals surface area contributed by atoms with E-state index in [2.05, 4.69) is 20.7 Å². The average molecular weight is 419 g/mol. The van der Waals surface area contributed by atoms with Crippen LogP contribution < -0.4 is 20.1 Å². The number of hydrogen-bond acceptors (Lipinski definition) is 6. The van der Waals surface area contributed by atoms with E-state index >= 15 is 0 Å². The van der Waals surface area contributed by atoms with E-state index in [1.807, 2.05) is 69.3 Å². The van der Waals surface area contributed by atoms with Gasteiger partial charge in [0.05, 0.1) is 19.3 Å². The van der Waals surface area contributed by atoms with Crippen LogP contribution in [0.2, 0.25) is 0 Å². The lowest BCUT2D eigenvalue weighted by atomic mass is 9.94. The Morgan fingerprint density at radius 1 is 1.16 bits per heavy atom. The van der Waals surface area contributed by atoms with Gasteiger partial charge in [0.25, 0.3) is 5.91 Å². The number of allylic oxidation sites excluding steroid dienone is 1. The zero-order valence-electron chi connectivity index (χ0n) is 18.0. The molecule has 2 heterocycles. The number of methoxy groups -OCH3 is 1. The van der Waals surface area contributed by atoms with E-state index in [1.54, 1.807) is 11.8 Å². The Morgan fingerprint density at radius 3 is 2.65 bits per heavy atom. The summed E-state index contributed by atoms with van der Waals surface area (Å²) in [6, 6.07) is 14.5. The van der Waals surface area contributed by atoms with Crippen molar-refractivity contribution < 1.29 is 14.3 Å². The van der Waals surface area contributed by atoms with Gasteiger partial charge in [0, 0.05) is 11.4 Å². The molecule has 0 radical (unpaired) electrons. The molecule has 2 N–H and O–H groups in total. The standard InChI is InChI=1S/C23H25N5O3/c1-5-31-18-12-11-16(13-19(18)30-4)21-20(22(29)26-17-9-7-6-8-10-17)14(2)24-23-25-15(3)27-28(21)23/h6-13,21H,5H2,1-4H3,(H,26,29)(H,24,25,27). The van der Waals surface area contributed by atoms with Gasteiger partial charge < -0.3 is 20.1 Å². The molecule has 8 heteroatoms. The molecule has 1 aliphatic heterocycles. The monoisotopic (exact) mass is 419 g/mol. The van der Waals surface area contributed by atoms with Gasteiger partial charge in [-0.15, -0.1) is 0 Å². The fourth-order valence-electron chi connectivity index (χ4n) is 3.71. The predicted molar refractivity (Wildman–Crippen MR) is 118 cm³/mol. The average Bonchev–Trinajstić information content (AvgIpc) is 3.13. The number of aromatic nitrogens is 3. The molecule has 0 bridgehead atoms. The molecule has 0 fully saturated rings. The van der Waals surface area contributed by atoms with Crippen LogP contribution in [0.1, 0.15) is 31.3 Å². The highest BCUT2D eigenvalue weighted by atomic mass is 16.5. The van der Waals surface area contributed by atoms with Gasteiger partial charge in [0.1, 0.15) is 11.9 Å². The van der Waals surface area contributed by atoms with E-state index in [0.29, 0.717) is 41.1 Å². The molecule has 1 unspecified atom stereocenters. The van der Waals surface area contributed by atoms with E-state index in [-0.39, 0.29) is 5.91 Å². The van der Waals surface area contributed by atoms with Crippen LogP contribution in [-0.4, -0.2) is 34.4 Å². The van der Waals surface area contributed by atoms with Crippen molar-refractivity contribution >= 4 is 17.5 Å². The number of hydrogen-bond donors (Lipinski definition) is 2. The summed E-state index contributed by atoms with van der Waals surface area (Å²) in [5.74, 6) is 2.23. The number of carbonyl (C=O) groups excluding carboxylic acids is 1. The first-order valence-corrected chi connectivity index (χ1v) is 10.1. The largest absolute Gasteiger partial charge is 0.493 e. The van der Waals surface area contributed by atoms with Crippen LogP contribution in [0.15, 0.2) is 59.8 Å². The third-order valence-corrected chi connectivity index (χ3v) is 5.04. The molecule has 0 saturated carbocycles. The summed E-state index contributed by atoms with van der Waals surface area (Å²) in [7, 11) is 1.60. The zero-order chi connectivity index (χ0) is 22.0. The van der Waals surface area contributed by atoms with Gasteiger partial charge in [-0.1, -0.05) is 24.3 Å². The van der Waals surface area contributed by atoms with Crippen LogP contribution in [-0.2, 0) is 4.79 Å². The number of anilines is 2. The Kier molecular flexibility index (Phi) is 5.62. The van der Waals surface area contributed by atoms with Crippen molar-refractivity contribution in [2.45, 2.75) is 26.8 Å². The SMILES string of the molecule is CCOc1ccc(C2C(C(=O)Nc3ccccc3)=C(C)Nc3nc(C)nn32)cc1OC. The Hall–Kier alpha value is -3.81. The highest BCUT2D eigenvalue weighted by molar-refractivity contribution is 6.06. The van der Waals surface area contributed by atoms with Gasteiger partial charge >= 0.3 is 0 Å². The van der Waals surface area contributed by atoms with Crippen LogP contribution >= 0.6 is 0 Å². The first-order valence-electron chi connectivity index (χ1n) is 10.1. The second-order valence-corrected chi connectivity index (χ2v) is 7.16. The molecule has 3 aromatic rings. The molecule has 1 atom stereocenters. The number of carbonyl (C=O) groups is 1. The number of nitrogens with one attached hydrogen (secondary N) is 2. The lowest BCUT2D eigenvalue weighted by Gasteiger charge is -2.29. The number of para-hydroxylation sites is 1.